The Bertz CT molecular complexity index is 881. The van der Waals surface area contributed by atoms with Crippen LogP contribution < -0.4 is 5.32 Å². The topological polar surface area (TPSA) is 35.1 Å². The summed E-state index contributed by atoms with van der Waals surface area (Å²) in [5.74, 6) is 0. The predicted molar refractivity (Wildman–Crippen MR) is 101 cm³/mol. The average molecular weight is 518 g/mol. The third-order valence-corrected chi connectivity index (χ3v) is 7.54. The number of alkyl halides is 7. The second-order valence-corrected chi connectivity index (χ2v) is 9.58. The van der Waals surface area contributed by atoms with Crippen LogP contribution in [-0.2, 0) is 21.6 Å². The molecule has 1 fully saturated rings. The second kappa shape index (κ2) is 7.99. The lowest BCUT2D eigenvalue weighted by Gasteiger charge is -2.33. The van der Waals surface area contributed by atoms with Crippen molar-refractivity contribution < 1.29 is 35.3 Å². The molecule has 0 spiro atoms. The minimum Gasteiger partial charge on any atom is -0.611 e. The van der Waals surface area contributed by atoms with Crippen LogP contribution in [-0.4, -0.2) is 30.0 Å². The number of rotatable bonds is 4. The molecule has 3 rings (SSSR count). The van der Waals surface area contributed by atoms with Crippen molar-refractivity contribution in [2.75, 3.05) is 13.1 Å². The molecule has 0 amide bonds. The van der Waals surface area contributed by atoms with Gasteiger partial charge in [-0.25, -0.2) is 4.39 Å². The van der Waals surface area contributed by atoms with Gasteiger partial charge in [0, 0.05) is 34.6 Å². The number of nitrogens with one attached hydrogen (secondary N) is 1. The Kier molecular flexibility index (Phi) is 6.23. The fourth-order valence-corrected chi connectivity index (χ4v) is 5.79. The summed E-state index contributed by atoms with van der Waals surface area (Å²) in [7, 11) is 0. The van der Waals surface area contributed by atoms with E-state index < -0.39 is 39.5 Å². The maximum absolute atomic E-state index is 14.3. The number of hydrogen-bond donors (Lipinski definition) is 1. The van der Waals surface area contributed by atoms with Crippen LogP contribution in [0.15, 0.2) is 57.9 Å². The lowest BCUT2D eigenvalue weighted by Crippen LogP contribution is -2.50. The van der Waals surface area contributed by atoms with E-state index in [0.29, 0.717) is 34.5 Å². The molecule has 1 N–H and O–H groups in total. The van der Waals surface area contributed by atoms with Crippen molar-refractivity contribution in [1.29, 1.82) is 0 Å². The molecule has 1 aliphatic rings. The fourth-order valence-electron chi connectivity index (χ4n) is 3.48. The van der Waals surface area contributed by atoms with E-state index in [9.17, 15) is 35.3 Å². The molecule has 11 heteroatoms. The van der Waals surface area contributed by atoms with Gasteiger partial charge >= 0.3 is 18.0 Å². The van der Waals surface area contributed by atoms with Gasteiger partial charge in [-0.05, 0) is 23.3 Å². The molecule has 0 aromatic heterocycles. The van der Waals surface area contributed by atoms with Crippen LogP contribution in [0.25, 0.3) is 0 Å². The molecule has 2 unspecified atom stereocenters. The highest BCUT2D eigenvalue weighted by Crippen LogP contribution is 2.53. The van der Waals surface area contributed by atoms with Crippen LogP contribution in [0.2, 0.25) is 0 Å². The van der Waals surface area contributed by atoms with Crippen molar-refractivity contribution in [3.05, 3.63) is 64.1 Å². The molecule has 0 aliphatic carbocycles. The molecule has 1 heterocycles. The third kappa shape index (κ3) is 3.85. The monoisotopic (exact) mass is 517 g/mol. The van der Waals surface area contributed by atoms with Gasteiger partial charge in [0.1, 0.15) is 0 Å². The van der Waals surface area contributed by atoms with E-state index in [-0.39, 0.29) is 12.1 Å². The molecular weight excluding hydrogens is 503 g/mol. The first kappa shape index (κ1) is 23.4. The Balaban J connectivity index is 2.04. The molecule has 30 heavy (non-hydrogen) atoms. The van der Waals surface area contributed by atoms with Crippen LogP contribution in [0.3, 0.4) is 0 Å². The highest BCUT2D eigenvalue weighted by molar-refractivity contribution is 9.10. The van der Waals surface area contributed by atoms with Crippen molar-refractivity contribution in [1.82, 2.24) is 5.32 Å². The van der Waals surface area contributed by atoms with E-state index in [2.05, 4.69) is 21.2 Å². The molecule has 2 nitrogen and oxygen atoms in total. The zero-order chi connectivity index (χ0) is 22.4. The molecule has 2 aromatic rings. The highest BCUT2D eigenvalue weighted by atomic mass is 79.9. The van der Waals surface area contributed by atoms with E-state index in [4.69, 9.17) is 0 Å². The van der Waals surface area contributed by atoms with Crippen molar-refractivity contribution in [3.8, 4) is 0 Å². The summed E-state index contributed by atoms with van der Waals surface area (Å²) in [5, 5.41) is 3.03. The lowest BCUT2D eigenvalue weighted by molar-refractivity contribution is -0.348. The van der Waals surface area contributed by atoms with E-state index in [0.717, 1.165) is 12.1 Å². The van der Waals surface area contributed by atoms with Crippen molar-refractivity contribution >= 4 is 27.1 Å². The molecule has 2 aromatic carbocycles. The first-order valence-electron chi connectivity index (χ1n) is 8.64. The van der Waals surface area contributed by atoms with Gasteiger partial charge in [-0.1, -0.05) is 46.3 Å². The largest absolute Gasteiger partial charge is 0.611 e. The molecular formula is C19H15BrF7NOS. The van der Waals surface area contributed by atoms with Gasteiger partial charge in [-0.2, -0.15) is 26.3 Å². The molecule has 1 saturated heterocycles. The van der Waals surface area contributed by atoms with Gasteiger partial charge in [-0.15, -0.1) is 0 Å². The Hall–Kier alpha value is -1.30. The van der Waals surface area contributed by atoms with Crippen LogP contribution in [0, 0.1) is 0 Å². The van der Waals surface area contributed by atoms with Crippen LogP contribution in [0.1, 0.15) is 17.5 Å². The van der Waals surface area contributed by atoms with Crippen LogP contribution in [0.4, 0.5) is 30.7 Å². The lowest BCUT2D eigenvalue weighted by atomic mass is 9.90. The second-order valence-electron chi connectivity index (χ2n) is 6.88. The number of hydrogen-bond acceptors (Lipinski definition) is 2. The number of halogens is 8. The zero-order valence-corrected chi connectivity index (χ0v) is 17.5. The summed E-state index contributed by atoms with van der Waals surface area (Å²) in [6, 6.07) is 9.56. The predicted octanol–water partition coefficient (Wildman–Crippen LogP) is 5.73. The van der Waals surface area contributed by atoms with E-state index in [1.165, 1.54) is 0 Å². The smallest absolute Gasteiger partial charge is 0.435 e. The SMILES string of the molecule is [O-][S+](c1cccc(Br)c1)C1(c2ccc(C(F)(C(F)(F)F)C(F)(F)F)cc2)CCNC1. The third-order valence-electron chi connectivity index (χ3n) is 5.07. The van der Waals surface area contributed by atoms with Gasteiger partial charge in [0.2, 0.25) is 0 Å². The normalized spacial score (nSPS) is 21.6. The molecule has 164 valence electrons. The zero-order valence-electron chi connectivity index (χ0n) is 15.1. The molecule has 1 aliphatic heterocycles. The standard InChI is InChI=1S/C19H15BrF7NOS/c20-14-2-1-3-15(10-14)30(29)16(8-9-28-11-16)12-4-6-13(7-5-12)17(21,18(22,23)24)19(25,26)27/h1-7,10,28H,8-9,11H2. The average Bonchev–Trinajstić information content (AvgIpc) is 3.16. The Morgan fingerprint density at radius 2 is 1.53 bits per heavy atom. The maximum atomic E-state index is 14.3. The molecule has 0 radical (unpaired) electrons. The Morgan fingerprint density at radius 1 is 0.933 bits per heavy atom. The quantitative estimate of drug-likeness (QED) is 0.415. The molecule has 0 saturated carbocycles. The van der Waals surface area contributed by atoms with E-state index >= 15 is 0 Å². The summed E-state index contributed by atoms with van der Waals surface area (Å²) < 4.78 is 105. The van der Waals surface area contributed by atoms with Gasteiger partial charge in [0.15, 0.2) is 9.64 Å². The van der Waals surface area contributed by atoms with Crippen molar-refractivity contribution in [2.24, 2.45) is 0 Å². The first-order valence-corrected chi connectivity index (χ1v) is 10.6. The Morgan fingerprint density at radius 3 is 2.00 bits per heavy atom. The summed E-state index contributed by atoms with van der Waals surface area (Å²) in [4.78, 5) is 0.447. The summed E-state index contributed by atoms with van der Waals surface area (Å²) in [6.45, 7) is 0.657. The van der Waals surface area contributed by atoms with Gasteiger partial charge in [-0.3, -0.25) is 0 Å². The van der Waals surface area contributed by atoms with Gasteiger partial charge < -0.3 is 9.87 Å². The minimum absolute atomic E-state index is 0.199. The Labute approximate surface area is 179 Å². The minimum atomic E-state index is -6.18. The van der Waals surface area contributed by atoms with E-state index in [1.54, 1.807) is 24.3 Å². The van der Waals surface area contributed by atoms with Crippen molar-refractivity contribution in [3.63, 3.8) is 0 Å². The van der Waals surface area contributed by atoms with Crippen LogP contribution in [0.5, 0.6) is 0 Å². The summed E-state index contributed by atoms with van der Waals surface area (Å²) in [6.07, 6.45) is -12.0. The summed E-state index contributed by atoms with van der Waals surface area (Å²) in [5.41, 5.74) is -6.80. The summed E-state index contributed by atoms with van der Waals surface area (Å²) >= 11 is 1.61. The van der Waals surface area contributed by atoms with Crippen LogP contribution >= 0.6 is 15.9 Å². The van der Waals surface area contributed by atoms with E-state index in [1.807, 2.05) is 0 Å². The molecule has 0 bridgehead atoms. The van der Waals surface area contributed by atoms with Crippen molar-refractivity contribution in [2.45, 2.75) is 34.1 Å². The van der Waals surface area contributed by atoms with Gasteiger partial charge in [0.25, 0.3) is 0 Å². The maximum Gasteiger partial charge on any atom is 0.435 e. The highest BCUT2D eigenvalue weighted by Gasteiger charge is 2.73. The fraction of sp³-hybridized carbons (Fsp3) is 0.368. The molecule has 2 atom stereocenters. The first-order chi connectivity index (χ1) is 13.8. The number of benzene rings is 2. The van der Waals surface area contributed by atoms with Gasteiger partial charge in [0.05, 0.1) is 6.54 Å².